The summed E-state index contributed by atoms with van der Waals surface area (Å²) < 4.78 is 3.78. The highest BCUT2D eigenvalue weighted by atomic mass is 15.3. The van der Waals surface area contributed by atoms with E-state index in [1.54, 1.807) is 12.4 Å². The second-order valence-electron chi connectivity index (χ2n) is 17.4. The van der Waals surface area contributed by atoms with Crippen LogP contribution >= 0.6 is 0 Å². The number of pyridine rings is 1. The van der Waals surface area contributed by atoms with Gasteiger partial charge in [-0.15, -0.1) is 0 Å². The smallest absolute Gasteiger partial charge is 0.0702 e. The molecule has 0 N–H and O–H groups in total. The molecule has 0 fully saturated rings. The second kappa shape index (κ2) is 18.7. The van der Waals surface area contributed by atoms with Crippen molar-refractivity contribution in [2.45, 2.75) is 0 Å². The first kappa shape index (κ1) is 41.9. The summed E-state index contributed by atoms with van der Waals surface area (Å²) in [6.45, 7) is 0. The molecule has 0 atom stereocenters. The van der Waals surface area contributed by atoms with Crippen molar-refractivity contribution in [1.29, 1.82) is 0 Å². The molecule has 5 heteroatoms. The SMILES string of the molecule is c1ccc(-c2ccc(-c3cccc(-c4ccc(-c5ccccc5-c5cc(-c6ccccc6-c6ccc(-n7cccn7)cc6)cc(-c6ccccc6-c6ccc(-n7cccn7)cc6)c5)cn4)c3)cc2)cc1. The first-order chi connectivity index (χ1) is 34.7. The molecule has 0 spiro atoms. The van der Waals surface area contributed by atoms with Gasteiger partial charge in [-0.3, -0.25) is 4.98 Å². The molecule has 0 unspecified atom stereocenters. The summed E-state index contributed by atoms with van der Waals surface area (Å²) in [5.41, 5.74) is 22.3. The quantitative estimate of drug-likeness (QED) is 0.130. The predicted molar refractivity (Wildman–Crippen MR) is 287 cm³/mol. The largest absolute Gasteiger partial charge is 0.256 e. The van der Waals surface area contributed by atoms with E-state index in [2.05, 4.69) is 241 Å². The minimum Gasteiger partial charge on any atom is -0.256 e. The molecule has 0 aliphatic rings. The summed E-state index contributed by atoms with van der Waals surface area (Å²) in [6, 6.07) is 86.7. The molecule has 3 heterocycles. The van der Waals surface area contributed by atoms with Gasteiger partial charge in [0, 0.05) is 42.1 Å². The van der Waals surface area contributed by atoms with Crippen molar-refractivity contribution in [3.05, 3.63) is 274 Å². The van der Waals surface area contributed by atoms with Crippen LogP contribution in [0.2, 0.25) is 0 Å². The number of rotatable bonds is 11. The fraction of sp³-hybridized carbons (Fsp3) is 0. The first-order valence-electron chi connectivity index (χ1n) is 23.6. The Morgan fingerprint density at radius 2 is 0.600 bits per heavy atom. The highest BCUT2D eigenvalue weighted by Gasteiger charge is 2.17. The van der Waals surface area contributed by atoms with Crippen molar-refractivity contribution >= 4 is 0 Å². The van der Waals surface area contributed by atoms with Crippen LogP contribution in [0.1, 0.15) is 0 Å². The fourth-order valence-corrected chi connectivity index (χ4v) is 9.55. The van der Waals surface area contributed by atoms with Gasteiger partial charge in [0.1, 0.15) is 0 Å². The lowest BCUT2D eigenvalue weighted by atomic mass is 9.86. The standard InChI is InChI=1S/C65H45N5/c1-2-13-46(14-3-1)47-23-25-48(26-24-47)51-15-10-16-52(41-51)65-36-31-53(45-66-65)61-19-6-9-22-64(61)56-43-54(62-20-7-4-17-59(62)49-27-32-57(33-28-49)69-39-11-37-67-69)42-55(44-56)63-21-8-5-18-60(63)50-29-34-58(35-30-50)70-40-12-38-68-70/h1-45H. The first-order valence-corrected chi connectivity index (χ1v) is 23.6. The van der Waals surface area contributed by atoms with Crippen LogP contribution in [0, 0.1) is 0 Å². The Morgan fingerprint density at radius 3 is 1.04 bits per heavy atom. The molecule has 3 aromatic heterocycles. The van der Waals surface area contributed by atoms with E-state index in [0.717, 1.165) is 95.0 Å². The second-order valence-corrected chi connectivity index (χ2v) is 17.4. The average molecular weight is 896 g/mol. The van der Waals surface area contributed by atoms with Gasteiger partial charge in [0.2, 0.25) is 0 Å². The van der Waals surface area contributed by atoms with Crippen molar-refractivity contribution in [2.24, 2.45) is 0 Å². The molecule has 12 aromatic rings. The molecular weight excluding hydrogens is 851 g/mol. The number of hydrogen-bond donors (Lipinski definition) is 0. The minimum absolute atomic E-state index is 0.928. The van der Waals surface area contributed by atoms with Crippen LogP contribution in [0.5, 0.6) is 0 Å². The number of aromatic nitrogens is 5. The van der Waals surface area contributed by atoms with Gasteiger partial charge in [0.05, 0.1) is 17.1 Å². The molecule has 0 bridgehead atoms. The van der Waals surface area contributed by atoms with E-state index in [4.69, 9.17) is 4.98 Å². The van der Waals surface area contributed by atoms with Crippen molar-refractivity contribution in [1.82, 2.24) is 24.5 Å². The topological polar surface area (TPSA) is 48.5 Å². The van der Waals surface area contributed by atoms with Gasteiger partial charge in [-0.2, -0.15) is 10.2 Å². The van der Waals surface area contributed by atoms with Crippen LogP contribution < -0.4 is 0 Å². The minimum atomic E-state index is 0.928. The maximum atomic E-state index is 5.10. The highest BCUT2D eigenvalue weighted by Crippen LogP contribution is 2.42. The van der Waals surface area contributed by atoms with Crippen molar-refractivity contribution < 1.29 is 0 Å². The summed E-state index contributed by atoms with van der Waals surface area (Å²) in [4.78, 5) is 5.10. The summed E-state index contributed by atoms with van der Waals surface area (Å²) >= 11 is 0. The molecular formula is C65H45N5. The molecule has 330 valence electrons. The van der Waals surface area contributed by atoms with Crippen LogP contribution in [-0.4, -0.2) is 24.5 Å². The lowest BCUT2D eigenvalue weighted by molar-refractivity contribution is 0.881. The van der Waals surface area contributed by atoms with Crippen LogP contribution in [0.25, 0.3) is 112 Å². The Hall–Kier alpha value is -9.45. The molecule has 70 heavy (non-hydrogen) atoms. The van der Waals surface area contributed by atoms with E-state index in [9.17, 15) is 0 Å². The van der Waals surface area contributed by atoms with Gasteiger partial charge in [-0.25, -0.2) is 9.36 Å². The van der Waals surface area contributed by atoms with Gasteiger partial charge in [0.15, 0.2) is 0 Å². The number of hydrogen-bond acceptors (Lipinski definition) is 3. The van der Waals surface area contributed by atoms with E-state index in [-0.39, 0.29) is 0 Å². The van der Waals surface area contributed by atoms with E-state index < -0.39 is 0 Å². The third-order valence-corrected chi connectivity index (χ3v) is 13.1. The van der Waals surface area contributed by atoms with Gasteiger partial charge >= 0.3 is 0 Å². The molecule has 12 rings (SSSR count). The zero-order valence-corrected chi connectivity index (χ0v) is 38.2. The fourth-order valence-electron chi connectivity index (χ4n) is 9.55. The number of nitrogens with zero attached hydrogens (tertiary/aromatic N) is 5. The highest BCUT2D eigenvalue weighted by molar-refractivity contribution is 5.94. The Balaban J connectivity index is 0.933. The van der Waals surface area contributed by atoms with E-state index in [1.165, 1.54) is 16.7 Å². The van der Waals surface area contributed by atoms with Crippen LogP contribution in [0.4, 0.5) is 0 Å². The summed E-state index contributed by atoms with van der Waals surface area (Å²) in [6.07, 6.45) is 9.56. The zero-order valence-electron chi connectivity index (χ0n) is 38.2. The monoisotopic (exact) mass is 895 g/mol. The summed E-state index contributed by atoms with van der Waals surface area (Å²) in [7, 11) is 0. The Morgan fingerprint density at radius 1 is 0.243 bits per heavy atom. The average Bonchev–Trinajstić information content (AvgIpc) is 4.21. The zero-order chi connectivity index (χ0) is 46.6. The van der Waals surface area contributed by atoms with Crippen LogP contribution in [0.3, 0.4) is 0 Å². The van der Waals surface area contributed by atoms with Gasteiger partial charge in [0.25, 0.3) is 0 Å². The normalized spacial score (nSPS) is 11.1. The molecule has 0 radical (unpaired) electrons. The van der Waals surface area contributed by atoms with E-state index >= 15 is 0 Å². The molecule has 0 amide bonds. The Bertz CT molecular complexity index is 3570. The molecule has 5 nitrogen and oxygen atoms in total. The van der Waals surface area contributed by atoms with Crippen molar-refractivity contribution in [2.75, 3.05) is 0 Å². The van der Waals surface area contributed by atoms with Crippen molar-refractivity contribution in [3.63, 3.8) is 0 Å². The van der Waals surface area contributed by atoms with Crippen molar-refractivity contribution in [3.8, 4) is 112 Å². The van der Waals surface area contributed by atoms with Crippen LogP contribution in [0.15, 0.2) is 274 Å². The molecule has 0 saturated carbocycles. The molecule has 0 aliphatic carbocycles. The van der Waals surface area contributed by atoms with E-state index in [1.807, 2.05) is 40.1 Å². The Kier molecular flexibility index (Phi) is 11.2. The maximum Gasteiger partial charge on any atom is 0.0702 e. The van der Waals surface area contributed by atoms with E-state index in [0.29, 0.717) is 0 Å². The van der Waals surface area contributed by atoms with Gasteiger partial charge in [-0.1, -0.05) is 176 Å². The molecule has 9 aromatic carbocycles. The van der Waals surface area contributed by atoms with Gasteiger partial charge in [-0.05, 0) is 150 Å². The van der Waals surface area contributed by atoms with Gasteiger partial charge < -0.3 is 0 Å². The third-order valence-electron chi connectivity index (χ3n) is 13.1. The van der Waals surface area contributed by atoms with Crippen LogP contribution in [-0.2, 0) is 0 Å². The third kappa shape index (κ3) is 8.44. The Labute approximate surface area is 407 Å². The summed E-state index contributed by atoms with van der Waals surface area (Å²) in [5, 5.41) is 8.91. The summed E-state index contributed by atoms with van der Waals surface area (Å²) in [5.74, 6) is 0. The molecule has 0 saturated heterocycles. The maximum absolute atomic E-state index is 5.10. The lowest BCUT2D eigenvalue weighted by Crippen LogP contribution is -1.95. The number of benzene rings is 9. The molecule has 0 aliphatic heterocycles. The predicted octanol–water partition coefficient (Wildman–Crippen LogP) is 16.5. The lowest BCUT2D eigenvalue weighted by Gasteiger charge is -2.18.